The van der Waals surface area contributed by atoms with E-state index in [9.17, 15) is 8.42 Å². The van der Waals surface area contributed by atoms with E-state index in [-0.39, 0.29) is 11.7 Å². The first kappa shape index (κ1) is 22.5. The Morgan fingerprint density at radius 2 is 2.07 bits per heavy atom. The van der Waals surface area contributed by atoms with Gasteiger partial charge in [-0.05, 0) is 44.7 Å². The summed E-state index contributed by atoms with van der Waals surface area (Å²) in [6, 6.07) is 6.09. The number of guanidine groups is 1. The van der Waals surface area contributed by atoms with Crippen LogP contribution in [0.4, 0.5) is 0 Å². The normalized spacial score (nSPS) is 18.8. The monoisotopic (exact) mass is 411 g/mol. The first-order valence-electron chi connectivity index (χ1n) is 9.96. The summed E-state index contributed by atoms with van der Waals surface area (Å²) in [5.74, 6) is 2.20. The molecule has 1 aliphatic heterocycles. The molecule has 1 aliphatic rings. The van der Waals surface area contributed by atoms with Crippen molar-refractivity contribution < 1.29 is 17.9 Å². The fourth-order valence-corrected chi connectivity index (χ4v) is 4.92. The molecule has 1 unspecified atom stereocenters. The van der Waals surface area contributed by atoms with Gasteiger partial charge in [-0.3, -0.25) is 0 Å². The Balaban J connectivity index is 1.97. The average molecular weight is 412 g/mol. The Labute approximate surface area is 168 Å². The molecule has 0 aliphatic carbocycles. The topological polar surface area (TPSA) is 89.0 Å². The van der Waals surface area contributed by atoms with Gasteiger partial charge >= 0.3 is 0 Å². The third-order valence-corrected chi connectivity index (χ3v) is 6.39. The Hall–Kier alpha value is -1.80. The number of nitrogens with one attached hydrogen (secondary N) is 2. The van der Waals surface area contributed by atoms with Gasteiger partial charge in [-0.2, -0.15) is 0 Å². The molecule has 8 heteroatoms. The molecule has 0 bridgehead atoms. The van der Waals surface area contributed by atoms with Gasteiger partial charge in [-0.25, -0.2) is 13.4 Å². The molecule has 28 heavy (non-hydrogen) atoms. The minimum Gasteiger partial charge on any atom is -0.491 e. The summed E-state index contributed by atoms with van der Waals surface area (Å²) < 4.78 is 34.4. The van der Waals surface area contributed by atoms with Crippen molar-refractivity contribution in [2.24, 2.45) is 10.9 Å². The summed E-state index contributed by atoms with van der Waals surface area (Å²) in [5, 5.41) is 6.49. The lowest BCUT2D eigenvalue weighted by atomic mass is 10.1. The van der Waals surface area contributed by atoms with Crippen LogP contribution in [0.2, 0.25) is 0 Å². The lowest BCUT2D eigenvalue weighted by Crippen LogP contribution is -2.40. The van der Waals surface area contributed by atoms with Crippen molar-refractivity contribution >= 4 is 15.8 Å². The highest BCUT2D eigenvalue weighted by molar-refractivity contribution is 7.91. The number of benzene rings is 1. The molecule has 1 aromatic rings. The van der Waals surface area contributed by atoms with Crippen LogP contribution in [0.1, 0.15) is 31.4 Å². The Bertz CT molecular complexity index is 750. The molecular formula is C20H33N3O4S. The zero-order valence-corrected chi connectivity index (χ0v) is 18.0. The van der Waals surface area contributed by atoms with Crippen LogP contribution in [-0.4, -0.2) is 58.8 Å². The third-order valence-electron chi connectivity index (χ3n) is 4.55. The van der Waals surface area contributed by atoms with Gasteiger partial charge in [-0.1, -0.05) is 12.1 Å². The van der Waals surface area contributed by atoms with Gasteiger partial charge < -0.3 is 20.1 Å². The summed E-state index contributed by atoms with van der Waals surface area (Å²) in [5.41, 5.74) is 2.13. The van der Waals surface area contributed by atoms with Crippen LogP contribution in [0.15, 0.2) is 23.2 Å². The lowest BCUT2D eigenvalue weighted by molar-refractivity contribution is 0.110. The van der Waals surface area contributed by atoms with Gasteiger partial charge in [0, 0.05) is 25.3 Å². The van der Waals surface area contributed by atoms with Crippen molar-refractivity contribution in [1.82, 2.24) is 10.6 Å². The van der Waals surface area contributed by atoms with Crippen LogP contribution >= 0.6 is 0 Å². The Morgan fingerprint density at radius 1 is 1.25 bits per heavy atom. The zero-order chi connectivity index (χ0) is 20.4. The standard InChI is InChI=1S/C20H33N3O4S/c1-4-21-20(22-13-17-8-11-28(24,25)15-17)23-14-18-7-6-16(3)12-19(18)27-10-9-26-5-2/h6-7,12,17H,4-5,8-11,13-15H2,1-3H3,(H2,21,22,23). The second-order valence-electron chi connectivity index (χ2n) is 7.00. The van der Waals surface area contributed by atoms with Crippen molar-refractivity contribution in [2.75, 3.05) is 44.4 Å². The first-order valence-corrected chi connectivity index (χ1v) is 11.8. The maximum absolute atomic E-state index is 11.6. The number of ether oxygens (including phenoxy) is 2. The second kappa shape index (κ2) is 11.3. The predicted molar refractivity (Wildman–Crippen MR) is 113 cm³/mol. The summed E-state index contributed by atoms with van der Waals surface area (Å²) >= 11 is 0. The largest absolute Gasteiger partial charge is 0.491 e. The molecule has 0 radical (unpaired) electrons. The number of aryl methyl sites for hydroxylation is 1. The number of hydrogen-bond acceptors (Lipinski definition) is 5. The Kier molecular flexibility index (Phi) is 9.05. The van der Waals surface area contributed by atoms with Crippen LogP contribution in [-0.2, 0) is 21.1 Å². The number of hydrogen-bond donors (Lipinski definition) is 2. The quantitative estimate of drug-likeness (QED) is 0.347. The number of rotatable bonds is 10. The maximum Gasteiger partial charge on any atom is 0.191 e. The van der Waals surface area contributed by atoms with Gasteiger partial charge in [0.05, 0.1) is 24.7 Å². The highest BCUT2D eigenvalue weighted by Crippen LogP contribution is 2.21. The molecule has 2 rings (SSSR count). The van der Waals surface area contributed by atoms with Crippen molar-refractivity contribution in [3.63, 3.8) is 0 Å². The number of nitrogens with zero attached hydrogens (tertiary/aromatic N) is 1. The number of sulfone groups is 1. The van der Waals surface area contributed by atoms with E-state index in [4.69, 9.17) is 9.47 Å². The lowest BCUT2D eigenvalue weighted by Gasteiger charge is -2.15. The van der Waals surface area contributed by atoms with Crippen LogP contribution in [0, 0.1) is 12.8 Å². The van der Waals surface area contributed by atoms with E-state index in [1.54, 1.807) is 0 Å². The molecule has 158 valence electrons. The highest BCUT2D eigenvalue weighted by atomic mass is 32.2. The van der Waals surface area contributed by atoms with E-state index in [1.807, 2.05) is 39.0 Å². The second-order valence-corrected chi connectivity index (χ2v) is 9.23. The predicted octanol–water partition coefficient (Wildman–Crippen LogP) is 1.90. The third kappa shape index (κ3) is 7.67. The molecule has 0 saturated carbocycles. The summed E-state index contributed by atoms with van der Waals surface area (Å²) in [4.78, 5) is 4.65. The average Bonchev–Trinajstić information content (AvgIpc) is 3.01. The molecule has 1 aromatic carbocycles. The molecule has 1 heterocycles. The maximum atomic E-state index is 11.6. The summed E-state index contributed by atoms with van der Waals surface area (Å²) in [6.45, 7) is 9.55. The molecule has 0 aromatic heterocycles. The molecule has 0 amide bonds. The summed E-state index contributed by atoms with van der Waals surface area (Å²) in [7, 11) is -2.86. The summed E-state index contributed by atoms with van der Waals surface area (Å²) in [6.07, 6.45) is 0.713. The van der Waals surface area contributed by atoms with Crippen LogP contribution in [0.25, 0.3) is 0 Å². The highest BCUT2D eigenvalue weighted by Gasteiger charge is 2.27. The minimum absolute atomic E-state index is 0.144. The van der Waals surface area contributed by atoms with Crippen molar-refractivity contribution in [3.8, 4) is 5.75 Å². The van der Waals surface area contributed by atoms with Gasteiger partial charge in [-0.15, -0.1) is 0 Å². The van der Waals surface area contributed by atoms with Gasteiger partial charge in [0.2, 0.25) is 0 Å². The SMILES string of the molecule is CCNC(=NCc1ccc(C)cc1OCCOCC)NCC1CCS(=O)(=O)C1. The smallest absolute Gasteiger partial charge is 0.191 e. The van der Waals surface area contributed by atoms with Gasteiger partial charge in [0.15, 0.2) is 15.8 Å². The van der Waals surface area contributed by atoms with Crippen LogP contribution in [0.5, 0.6) is 5.75 Å². The molecule has 1 saturated heterocycles. The van der Waals surface area contributed by atoms with E-state index >= 15 is 0 Å². The van der Waals surface area contributed by atoms with Gasteiger partial charge in [0.1, 0.15) is 12.4 Å². The van der Waals surface area contributed by atoms with E-state index in [0.29, 0.717) is 51.0 Å². The van der Waals surface area contributed by atoms with Crippen LogP contribution in [0.3, 0.4) is 0 Å². The van der Waals surface area contributed by atoms with Crippen molar-refractivity contribution in [2.45, 2.75) is 33.7 Å². The molecule has 1 fully saturated rings. The number of aliphatic imine (C=N–C) groups is 1. The fraction of sp³-hybridized carbons (Fsp3) is 0.650. The first-order chi connectivity index (χ1) is 13.4. The van der Waals surface area contributed by atoms with Crippen molar-refractivity contribution in [1.29, 1.82) is 0 Å². The fourth-order valence-electron chi connectivity index (χ4n) is 3.06. The molecule has 7 nitrogen and oxygen atoms in total. The van der Waals surface area contributed by atoms with E-state index < -0.39 is 9.84 Å². The van der Waals surface area contributed by atoms with E-state index in [1.165, 1.54) is 0 Å². The Morgan fingerprint density at radius 3 is 2.75 bits per heavy atom. The molecule has 1 atom stereocenters. The molecule has 0 spiro atoms. The zero-order valence-electron chi connectivity index (χ0n) is 17.2. The van der Waals surface area contributed by atoms with Crippen molar-refractivity contribution in [3.05, 3.63) is 29.3 Å². The van der Waals surface area contributed by atoms with E-state index in [2.05, 4.69) is 15.6 Å². The molecule has 2 N–H and O–H groups in total. The minimum atomic E-state index is -2.86. The van der Waals surface area contributed by atoms with E-state index in [0.717, 1.165) is 23.4 Å². The van der Waals surface area contributed by atoms with Crippen LogP contribution < -0.4 is 15.4 Å². The van der Waals surface area contributed by atoms with Gasteiger partial charge in [0.25, 0.3) is 0 Å². The molecular weight excluding hydrogens is 378 g/mol.